The smallest absolute Gasteiger partial charge is 0.310 e. The Hall–Kier alpha value is -1.06. The molecule has 4 nitrogen and oxygen atoms in total. The molecule has 108 valence electrons. The van der Waals surface area contributed by atoms with E-state index in [9.17, 15) is 9.59 Å². The van der Waals surface area contributed by atoms with Crippen LogP contribution < -0.4 is 0 Å². The van der Waals surface area contributed by atoms with Gasteiger partial charge in [0.25, 0.3) is 0 Å². The van der Waals surface area contributed by atoms with E-state index < -0.39 is 5.60 Å². The summed E-state index contributed by atoms with van der Waals surface area (Å²) in [7, 11) is 0. The fourth-order valence-corrected chi connectivity index (χ4v) is 3.01. The maximum absolute atomic E-state index is 12.3. The number of carbonyl (C=O) groups is 2. The van der Waals surface area contributed by atoms with Crippen molar-refractivity contribution in [3.63, 3.8) is 0 Å². The van der Waals surface area contributed by atoms with Crippen LogP contribution in [-0.4, -0.2) is 24.1 Å². The summed E-state index contributed by atoms with van der Waals surface area (Å²) < 4.78 is 10.6. The first-order chi connectivity index (χ1) is 8.76. The Balaban J connectivity index is 2.07. The summed E-state index contributed by atoms with van der Waals surface area (Å²) in [4.78, 5) is 24.3. The predicted molar refractivity (Wildman–Crippen MR) is 70.4 cm³/mol. The summed E-state index contributed by atoms with van der Waals surface area (Å²) in [5.41, 5.74) is -0.283. The molecule has 2 unspecified atom stereocenters. The van der Waals surface area contributed by atoms with Gasteiger partial charge in [0.1, 0.15) is 5.60 Å². The third-order valence-corrected chi connectivity index (χ3v) is 4.05. The van der Waals surface area contributed by atoms with E-state index in [-0.39, 0.29) is 29.2 Å². The molecule has 2 rings (SSSR count). The molecule has 2 atom stereocenters. The summed E-state index contributed by atoms with van der Waals surface area (Å²) in [5, 5.41) is 0. The van der Waals surface area contributed by atoms with Crippen molar-refractivity contribution < 1.29 is 19.1 Å². The molecular formula is C15H24O4. The van der Waals surface area contributed by atoms with Crippen LogP contribution >= 0.6 is 0 Å². The highest BCUT2D eigenvalue weighted by Gasteiger charge is 2.57. The van der Waals surface area contributed by atoms with Crippen LogP contribution in [-0.2, 0) is 19.1 Å². The predicted octanol–water partition coefficient (Wildman–Crippen LogP) is 2.70. The first-order valence-corrected chi connectivity index (χ1v) is 7.16. The van der Waals surface area contributed by atoms with Crippen molar-refractivity contribution in [2.75, 3.05) is 6.61 Å². The third kappa shape index (κ3) is 3.28. The molecule has 2 aliphatic carbocycles. The zero-order valence-electron chi connectivity index (χ0n) is 12.3. The fraction of sp³-hybridized carbons (Fsp3) is 0.867. The normalized spacial score (nSPS) is 28.2. The van der Waals surface area contributed by atoms with Crippen molar-refractivity contribution in [1.29, 1.82) is 0 Å². The Bertz CT molecular complexity index is 376. The maximum Gasteiger partial charge on any atom is 0.310 e. The number of rotatable bonds is 3. The molecule has 2 fully saturated rings. The van der Waals surface area contributed by atoms with Gasteiger partial charge in [0, 0.05) is 0 Å². The average Bonchev–Trinajstić information content (AvgIpc) is 2.87. The minimum atomic E-state index is -0.504. The Morgan fingerprint density at radius 1 is 1.11 bits per heavy atom. The highest BCUT2D eigenvalue weighted by molar-refractivity contribution is 5.83. The van der Waals surface area contributed by atoms with E-state index in [0.717, 1.165) is 25.7 Å². The lowest BCUT2D eigenvalue weighted by Gasteiger charge is -2.24. The summed E-state index contributed by atoms with van der Waals surface area (Å²) in [6, 6.07) is 0. The molecule has 0 aromatic heterocycles. The number of ether oxygens (including phenoxy) is 2. The van der Waals surface area contributed by atoms with Gasteiger partial charge in [-0.1, -0.05) is 0 Å². The van der Waals surface area contributed by atoms with Gasteiger partial charge >= 0.3 is 11.9 Å². The van der Waals surface area contributed by atoms with Gasteiger partial charge in [0.2, 0.25) is 0 Å². The molecule has 2 saturated carbocycles. The van der Waals surface area contributed by atoms with Gasteiger partial charge in [-0.25, -0.2) is 0 Å². The van der Waals surface area contributed by atoms with E-state index in [4.69, 9.17) is 9.47 Å². The molecule has 0 aliphatic heterocycles. The summed E-state index contributed by atoms with van der Waals surface area (Å²) in [5.74, 6) is -1.10. The lowest BCUT2D eigenvalue weighted by molar-refractivity contribution is -0.166. The molecule has 4 heteroatoms. The quantitative estimate of drug-likeness (QED) is 0.738. The van der Waals surface area contributed by atoms with Gasteiger partial charge in [0.05, 0.1) is 18.4 Å². The van der Waals surface area contributed by atoms with E-state index in [1.165, 1.54) is 0 Å². The van der Waals surface area contributed by atoms with Crippen LogP contribution in [0.25, 0.3) is 0 Å². The Morgan fingerprint density at radius 2 is 1.63 bits per heavy atom. The molecular weight excluding hydrogens is 244 g/mol. The first-order valence-electron chi connectivity index (χ1n) is 7.16. The van der Waals surface area contributed by atoms with Crippen molar-refractivity contribution >= 4 is 11.9 Å². The summed E-state index contributed by atoms with van der Waals surface area (Å²) >= 11 is 0. The van der Waals surface area contributed by atoms with Gasteiger partial charge in [0.15, 0.2) is 0 Å². The minimum Gasteiger partial charge on any atom is -0.466 e. The second kappa shape index (κ2) is 4.80. The third-order valence-electron chi connectivity index (χ3n) is 4.05. The van der Waals surface area contributed by atoms with Gasteiger partial charge in [-0.05, 0) is 58.8 Å². The lowest BCUT2D eigenvalue weighted by atomic mass is 9.96. The van der Waals surface area contributed by atoms with E-state index in [1.807, 2.05) is 20.8 Å². The molecule has 0 aromatic carbocycles. The monoisotopic (exact) mass is 268 g/mol. The zero-order chi connectivity index (χ0) is 14.3. The van der Waals surface area contributed by atoms with Gasteiger partial charge in [-0.3, -0.25) is 9.59 Å². The average molecular weight is 268 g/mol. The number of carbonyl (C=O) groups excluding carboxylic acids is 2. The first kappa shape index (κ1) is 14.4. The molecule has 19 heavy (non-hydrogen) atoms. The van der Waals surface area contributed by atoms with Crippen LogP contribution in [0.1, 0.15) is 53.4 Å². The van der Waals surface area contributed by atoms with Crippen LogP contribution in [0.3, 0.4) is 0 Å². The molecule has 0 amide bonds. The maximum atomic E-state index is 12.3. The van der Waals surface area contributed by atoms with E-state index in [0.29, 0.717) is 6.61 Å². The Morgan fingerprint density at radius 3 is 2.05 bits per heavy atom. The van der Waals surface area contributed by atoms with Gasteiger partial charge < -0.3 is 9.47 Å². The lowest BCUT2D eigenvalue weighted by Crippen LogP contribution is -2.33. The van der Waals surface area contributed by atoms with Crippen LogP contribution in [0, 0.1) is 17.3 Å². The topological polar surface area (TPSA) is 52.6 Å². The number of hydrogen-bond acceptors (Lipinski definition) is 4. The largest absolute Gasteiger partial charge is 0.466 e. The van der Waals surface area contributed by atoms with E-state index in [1.54, 1.807) is 6.92 Å². The molecule has 1 spiro atoms. The minimum absolute atomic E-state index is 0.221. The van der Waals surface area contributed by atoms with Gasteiger partial charge in [-0.2, -0.15) is 0 Å². The molecule has 0 radical (unpaired) electrons. The molecule has 2 aliphatic rings. The summed E-state index contributed by atoms with van der Waals surface area (Å²) in [6.07, 6.45) is 3.82. The van der Waals surface area contributed by atoms with Crippen molar-refractivity contribution in [3.05, 3.63) is 0 Å². The molecule has 0 aromatic rings. The van der Waals surface area contributed by atoms with Gasteiger partial charge in [-0.15, -0.1) is 0 Å². The van der Waals surface area contributed by atoms with Crippen molar-refractivity contribution in [1.82, 2.24) is 0 Å². The molecule has 0 N–H and O–H groups in total. The second-order valence-corrected chi connectivity index (χ2v) is 6.91. The Kier molecular flexibility index (Phi) is 3.63. The van der Waals surface area contributed by atoms with Crippen LogP contribution in [0.5, 0.6) is 0 Å². The number of hydrogen-bond donors (Lipinski definition) is 0. The zero-order valence-corrected chi connectivity index (χ0v) is 12.3. The summed E-state index contributed by atoms with van der Waals surface area (Å²) in [6.45, 7) is 7.72. The molecule has 0 bridgehead atoms. The molecule has 0 saturated heterocycles. The van der Waals surface area contributed by atoms with Crippen LogP contribution in [0.15, 0.2) is 0 Å². The van der Waals surface area contributed by atoms with Crippen molar-refractivity contribution in [3.8, 4) is 0 Å². The Labute approximate surface area is 114 Å². The molecule has 0 heterocycles. The van der Waals surface area contributed by atoms with Crippen LogP contribution in [0.4, 0.5) is 0 Å². The van der Waals surface area contributed by atoms with E-state index in [2.05, 4.69) is 0 Å². The SMILES string of the molecule is CCOC(=O)C1CC2(CC2)CC1C(=O)OC(C)(C)C. The fourth-order valence-electron chi connectivity index (χ4n) is 3.01. The van der Waals surface area contributed by atoms with Crippen molar-refractivity contribution in [2.24, 2.45) is 17.3 Å². The number of esters is 2. The highest BCUT2D eigenvalue weighted by Crippen LogP contribution is 2.62. The second-order valence-electron chi connectivity index (χ2n) is 6.91. The highest BCUT2D eigenvalue weighted by atomic mass is 16.6. The van der Waals surface area contributed by atoms with Crippen LogP contribution in [0.2, 0.25) is 0 Å². The van der Waals surface area contributed by atoms with E-state index >= 15 is 0 Å². The standard InChI is InChI=1S/C15H24O4/c1-5-18-12(16)10-8-15(6-7-15)9-11(10)13(17)19-14(2,3)4/h10-11H,5-9H2,1-4H3. The van der Waals surface area contributed by atoms with Crippen molar-refractivity contribution in [2.45, 2.75) is 59.0 Å².